The van der Waals surface area contributed by atoms with Crippen molar-refractivity contribution in [3.63, 3.8) is 0 Å². The van der Waals surface area contributed by atoms with E-state index < -0.39 is 0 Å². The highest BCUT2D eigenvalue weighted by atomic mass is 14.1. The molecule has 0 saturated heterocycles. The van der Waals surface area contributed by atoms with Gasteiger partial charge < -0.3 is 0 Å². The van der Waals surface area contributed by atoms with Gasteiger partial charge in [0.15, 0.2) is 0 Å². The lowest BCUT2D eigenvalue weighted by atomic mass is 9.95. The van der Waals surface area contributed by atoms with Crippen molar-refractivity contribution in [3.8, 4) is 0 Å². The average Bonchev–Trinajstić information content (AvgIpc) is 2.36. The van der Waals surface area contributed by atoms with Crippen molar-refractivity contribution in [3.05, 3.63) is 60.2 Å². The van der Waals surface area contributed by atoms with Crippen LogP contribution in [0.2, 0.25) is 0 Å². The van der Waals surface area contributed by atoms with Crippen LogP contribution < -0.4 is 0 Å². The van der Waals surface area contributed by atoms with Crippen LogP contribution in [0.1, 0.15) is 19.4 Å². The van der Waals surface area contributed by atoms with Crippen molar-refractivity contribution >= 4 is 21.5 Å². The summed E-state index contributed by atoms with van der Waals surface area (Å²) in [6, 6.07) is 19.9. The van der Waals surface area contributed by atoms with Gasteiger partial charge in [-0.15, -0.1) is 0 Å². The van der Waals surface area contributed by atoms with Crippen LogP contribution in [-0.4, -0.2) is 0 Å². The smallest absolute Gasteiger partial charge is 0.0145 e. The van der Waals surface area contributed by atoms with E-state index >= 15 is 0 Å². The van der Waals surface area contributed by atoms with Gasteiger partial charge in [-0.3, -0.25) is 0 Å². The quantitative estimate of drug-likeness (QED) is 0.535. The molecule has 3 aromatic carbocycles. The molecule has 0 unspecified atom stereocenters. The van der Waals surface area contributed by atoms with E-state index in [4.69, 9.17) is 0 Å². The highest BCUT2D eigenvalue weighted by Gasteiger charge is 2.04. The highest BCUT2D eigenvalue weighted by molar-refractivity contribution is 5.99. The Hall–Kier alpha value is -1.82. The summed E-state index contributed by atoms with van der Waals surface area (Å²) in [5.74, 6) is 0.696. The lowest BCUT2D eigenvalue weighted by Gasteiger charge is -2.10. The van der Waals surface area contributed by atoms with Crippen LogP contribution in [0.25, 0.3) is 21.5 Å². The minimum Gasteiger partial charge on any atom is -0.0625 e. The first-order valence-electron chi connectivity index (χ1n) is 6.64. The van der Waals surface area contributed by atoms with Crippen molar-refractivity contribution in [2.45, 2.75) is 20.3 Å². The maximum atomic E-state index is 2.34. The first-order valence-corrected chi connectivity index (χ1v) is 6.64. The maximum Gasteiger partial charge on any atom is -0.0145 e. The molecule has 0 saturated carbocycles. The van der Waals surface area contributed by atoms with Gasteiger partial charge in [0.25, 0.3) is 0 Å². The first-order chi connectivity index (χ1) is 8.74. The normalized spacial score (nSPS) is 11.5. The Bertz CT molecular complexity index is 693. The molecule has 3 rings (SSSR count). The summed E-state index contributed by atoms with van der Waals surface area (Å²) in [5, 5.41) is 5.42. The Morgan fingerprint density at radius 1 is 0.778 bits per heavy atom. The molecule has 90 valence electrons. The largest absolute Gasteiger partial charge is 0.0625 e. The number of hydrogen-bond donors (Lipinski definition) is 0. The maximum absolute atomic E-state index is 2.34. The van der Waals surface area contributed by atoms with Crippen molar-refractivity contribution < 1.29 is 0 Å². The molecule has 0 heterocycles. The third kappa shape index (κ3) is 1.99. The zero-order chi connectivity index (χ0) is 12.5. The van der Waals surface area contributed by atoms with Crippen LogP contribution in [0.15, 0.2) is 54.6 Å². The fourth-order valence-electron chi connectivity index (χ4n) is 2.65. The molecule has 0 heteroatoms. The SMILES string of the molecule is CC(C)Cc1cccc2cc3ccccc3cc12. The van der Waals surface area contributed by atoms with Crippen molar-refractivity contribution in [2.75, 3.05) is 0 Å². The highest BCUT2D eigenvalue weighted by Crippen LogP contribution is 2.26. The van der Waals surface area contributed by atoms with Gasteiger partial charge in [0.05, 0.1) is 0 Å². The zero-order valence-electron chi connectivity index (χ0n) is 11.0. The van der Waals surface area contributed by atoms with Crippen LogP contribution in [0.4, 0.5) is 0 Å². The molecule has 0 fully saturated rings. The molecule has 0 N–H and O–H groups in total. The Balaban J connectivity index is 2.29. The molecule has 0 aliphatic heterocycles. The molecule has 0 aromatic heterocycles. The molecular weight excluding hydrogens is 216 g/mol. The Kier molecular flexibility index (Phi) is 2.79. The van der Waals surface area contributed by atoms with E-state index in [1.807, 2.05) is 0 Å². The molecular formula is C18H18. The lowest BCUT2D eigenvalue weighted by molar-refractivity contribution is 0.650. The van der Waals surface area contributed by atoms with Gasteiger partial charge in [-0.1, -0.05) is 56.3 Å². The summed E-state index contributed by atoms with van der Waals surface area (Å²) >= 11 is 0. The predicted octanol–water partition coefficient (Wildman–Crippen LogP) is 5.19. The first kappa shape index (κ1) is 11.3. The van der Waals surface area contributed by atoms with E-state index in [1.54, 1.807) is 0 Å². The van der Waals surface area contributed by atoms with Gasteiger partial charge in [-0.25, -0.2) is 0 Å². The van der Waals surface area contributed by atoms with Crippen molar-refractivity contribution in [1.82, 2.24) is 0 Å². The number of fused-ring (bicyclic) bond motifs is 2. The molecule has 0 spiro atoms. The summed E-state index contributed by atoms with van der Waals surface area (Å²) in [7, 11) is 0. The van der Waals surface area contributed by atoms with Gasteiger partial charge in [-0.05, 0) is 51.6 Å². The van der Waals surface area contributed by atoms with Gasteiger partial charge in [0, 0.05) is 0 Å². The predicted molar refractivity (Wildman–Crippen MR) is 80.0 cm³/mol. The van der Waals surface area contributed by atoms with Crippen LogP contribution >= 0.6 is 0 Å². The average molecular weight is 234 g/mol. The number of rotatable bonds is 2. The minimum absolute atomic E-state index is 0.696. The number of benzene rings is 3. The summed E-state index contributed by atoms with van der Waals surface area (Å²) < 4.78 is 0. The molecule has 0 nitrogen and oxygen atoms in total. The zero-order valence-corrected chi connectivity index (χ0v) is 11.0. The third-order valence-corrected chi connectivity index (χ3v) is 3.47. The fourth-order valence-corrected chi connectivity index (χ4v) is 2.65. The second-order valence-corrected chi connectivity index (χ2v) is 5.44. The Labute approximate surface area is 108 Å². The molecule has 0 amide bonds. The Morgan fingerprint density at radius 3 is 2.17 bits per heavy atom. The second kappa shape index (κ2) is 4.45. The third-order valence-electron chi connectivity index (χ3n) is 3.47. The minimum atomic E-state index is 0.696. The van der Waals surface area contributed by atoms with E-state index in [9.17, 15) is 0 Å². The molecule has 0 aliphatic rings. The van der Waals surface area contributed by atoms with Gasteiger partial charge in [0.1, 0.15) is 0 Å². The van der Waals surface area contributed by atoms with Crippen molar-refractivity contribution in [1.29, 1.82) is 0 Å². The van der Waals surface area contributed by atoms with E-state index in [0.29, 0.717) is 5.92 Å². The van der Waals surface area contributed by atoms with Gasteiger partial charge in [0.2, 0.25) is 0 Å². The molecule has 18 heavy (non-hydrogen) atoms. The van der Waals surface area contributed by atoms with Gasteiger partial charge in [-0.2, -0.15) is 0 Å². The molecule has 0 aliphatic carbocycles. The van der Waals surface area contributed by atoms with Crippen LogP contribution in [0.5, 0.6) is 0 Å². The molecule has 0 radical (unpaired) electrons. The van der Waals surface area contributed by atoms with E-state index in [-0.39, 0.29) is 0 Å². The molecule has 0 bridgehead atoms. The van der Waals surface area contributed by atoms with Crippen LogP contribution in [0.3, 0.4) is 0 Å². The summed E-state index contributed by atoms with van der Waals surface area (Å²) in [5.41, 5.74) is 1.47. The second-order valence-electron chi connectivity index (χ2n) is 5.44. The standard InChI is InChI=1S/C18H18/c1-13(2)10-16-8-5-9-17-11-14-6-3-4-7-15(14)12-18(16)17/h3-9,11-13H,10H2,1-2H3. The van der Waals surface area contributed by atoms with E-state index in [2.05, 4.69) is 68.4 Å². The topological polar surface area (TPSA) is 0 Å². The van der Waals surface area contributed by atoms with Crippen molar-refractivity contribution in [2.24, 2.45) is 5.92 Å². The monoisotopic (exact) mass is 234 g/mol. The Morgan fingerprint density at radius 2 is 1.44 bits per heavy atom. The van der Waals surface area contributed by atoms with Crippen LogP contribution in [0, 0.1) is 5.92 Å². The van der Waals surface area contributed by atoms with Crippen LogP contribution in [-0.2, 0) is 6.42 Å². The lowest BCUT2D eigenvalue weighted by Crippen LogP contribution is -1.94. The summed E-state index contributed by atoms with van der Waals surface area (Å²) in [4.78, 5) is 0. The van der Waals surface area contributed by atoms with Gasteiger partial charge >= 0.3 is 0 Å². The van der Waals surface area contributed by atoms with E-state index in [0.717, 1.165) is 6.42 Å². The molecule has 3 aromatic rings. The van der Waals surface area contributed by atoms with E-state index in [1.165, 1.54) is 27.1 Å². The summed E-state index contributed by atoms with van der Waals surface area (Å²) in [6.07, 6.45) is 1.15. The fraction of sp³-hybridized carbons (Fsp3) is 0.222. The summed E-state index contributed by atoms with van der Waals surface area (Å²) in [6.45, 7) is 4.56. The molecule has 0 atom stereocenters. The number of hydrogen-bond acceptors (Lipinski definition) is 0.